The molecule has 0 fully saturated rings. The van der Waals surface area contributed by atoms with E-state index in [4.69, 9.17) is 9.84 Å². The Morgan fingerprint density at radius 2 is 1.79 bits per heavy atom. The Hall–Kier alpha value is -3.30. The van der Waals surface area contributed by atoms with Crippen LogP contribution in [0.5, 0.6) is 5.75 Å². The summed E-state index contributed by atoms with van der Waals surface area (Å²) in [6.45, 7) is 2.16. The number of carboxylic acid groups (broad SMARTS) is 1. The second-order valence-electron chi connectivity index (χ2n) is 7.38. The van der Waals surface area contributed by atoms with Crippen molar-refractivity contribution in [2.24, 2.45) is 5.10 Å². The molecule has 172 valence electrons. The predicted molar refractivity (Wildman–Crippen MR) is 138 cm³/mol. The Bertz CT molecular complexity index is 1460. The van der Waals surface area contributed by atoms with Crippen LogP contribution < -0.4 is 10.3 Å². The monoisotopic (exact) mass is 583 g/mol. The molecule has 0 radical (unpaired) electrons. The summed E-state index contributed by atoms with van der Waals surface area (Å²) >= 11 is 6.87. The molecule has 0 bridgehead atoms. The summed E-state index contributed by atoms with van der Waals surface area (Å²) < 4.78 is 8.90. The van der Waals surface area contributed by atoms with Crippen molar-refractivity contribution in [3.8, 4) is 5.75 Å². The van der Waals surface area contributed by atoms with Crippen LogP contribution in [-0.2, 0) is 13.0 Å². The van der Waals surface area contributed by atoms with Crippen molar-refractivity contribution in [1.29, 1.82) is 0 Å². The summed E-state index contributed by atoms with van der Waals surface area (Å²) in [5.74, 6) is 0.139. The highest BCUT2D eigenvalue weighted by atomic mass is 79.9. The van der Waals surface area contributed by atoms with Gasteiger partial charge in [-0.05, 0) is 54.1 Å². The molecule has 0 unspecified atom stereocenters. The molecule has 1 N–H and O–H groups in total. The number of aromatic nitrogens is 2. The Morgan fingerprint density at radius 3 is 2.50 bits per heavy atom. The van der Waals surface area contributed by atoms with E-state index >= 15 is 0 Å². The fraction of sp³-hybridized carbons (Fsp3) is 0.120. The number of benzene rings is 3. The highest BCUT2D eigenvalue weighted by Gasteiger charge is 2.11. The first-order valence-electron chi connectivity index (χ1n) is 10.4. The van der Waals surface area contributed by atoms with E-state index in [1.165, 1.54) is 16.8 Å². The smallest absolute Gasteiger partial charge is 0.335 e. The molecule has 0 saturated heterocycles. The van der Waals surface area contributed by atoms with E-state index in [0.29, 0.717) is 34.5 Å². The zero-order valence-corrected chi connectivity index (χ0v) is 21.2. The highest BCUT2D eigenvalue weighted by molar-refractivity contribution is 9.10. The number of ether oxygens (including phenoxy) is 1. The third kappa shape index (κ3) is 5.26. The molecule has 0 atom stereocenters. The first kappa shape index (κ1) is 23.8. The average Bonchev–Trinajstić information content (AvgIpc) is 2.83. The van der Waals surface area contributed by atoms with Crippen molar-refractivity contribution in [2.75, 3.05) is 0 Å². The first-order valence-corrected chi connectivity index (χ1v) is 11.9. The number of fused-ring (bicyclic) bond motifs is 1. The molecule has 34 heavy (non-hydrogen) atoms. The van der Waals surface area contributed by atoms with Gasteiger partial charge >= 0.3 is 5.97 Å². The summed E-state index contributed by atoms with van der Waals surface area (Å²) in [5, 5.41) is 14.0. The first-order chi connectivity index (χ1) is 16.4. The van der Waals surface area contributed by atoms with E-state index in [-0.39, 0.29) is 17.7 Å². The largest absolute Gasteiger partial charge is 0.488 e. The van der Waals surface area contributed by atoms with Gasteiger partial charge < -0.3 is 9.84 Å². The maximum atomic E-state index is 13.1. The lowest BCUT2D eigenvalue weighted by atomic mass is 10.1. The van der Waals surface area contributed by atoms with E-state index in [1.54, 1.807) is 36.5 Å². The number of carbonyl (C=O) groups is 1. The summed E-state index contributed by atoms with van der Waals surface area (Å²) in [6.07, 6.45) is 2.10. The van der Waals surface area contributed by atoms with Gasteiger partial charge in [-0.15, -0.1) is 0 Å². The molecule has 0 spiro atoms. The van der Waals surface area contributed by atoms with Gasteiger partial charge in [0.05, 0.1) is 22.7 Å². The number of carboxylic acids is 1. The molecule has 0 saturated carbocycles. The van der Waals surface area contributed by atoms with E-state index in [9.17, 15) is 9.59 Å². The molecule has 1 heterocycles. The Kier molecular flexibility index (Phi) is 7.23. The molecule has 7 nitrogen and oxygen atoms in total. The maximum absolute atomic E-state index is 13.1. The Labute approximate surface area is 212 Å². The summed E-state index contributed by atoms with van der Waals surface area (Å²) in [6, 6.07) is 17.4. The standard InChI is InChI=1S/C25H19Br2N3O4/c1-2-23-29-21-9-7-19(27)12-20(21)24(31)30(23)28-13-17-11-18(26)8-10-22(17)34-14-15-3-5-16(6-4-15)25(32)33/h3-13H,2,14H2,1H3,(H,32,33). The van der Waals surface area contributed by atoms with Gasteiger partial charge in [-0.1, -0.05) is 50.9 Å². The third-order valence-corrected chi connectivity index (χ3v) is 6.06. The normalized spacial score (nSPS) is 11.3. The molecule has 0 aliphatic rings. The number of hydrogen-bond acceptors (Lipinski definition) is 5. The minimum absolute atomic E-state index is 0.216. The molecule has 4 aromatic rings. The molecular weight excluding hydrogens is 566 g/mol. The van der Waals surface area contributed by atoms with Crippen molar-refractivity contribution in [3.05, 3.63) is 102 Å². The molecule has 3 aromatic carbocycles. The van der Waals surface area contributed by atoms with Gasteiger partial charge in [0.2, 0.25) is 0 Å². The molecule has 9 heteroatoms. The second-order valence-corrected chi connectivity index (χ2v) is 9.21. The van der Waals surface area contributed by atoms with E-state index in [2.05, 4.69) is 41.9 Å². The van der Waals surface area contributed by atoms with Gasteiger partial charge in [-0.3, -0.25) is 4.79 Å². The third-order valence-electron chi connectivity index (χ3n) is 5.07. The van der Waals surface area contributed by atoms with Gasteiger partial charge in [0, 0.05) is 20.9 Å². The molecule has 0 amide bonds. The van der Waals surface area contributed by atoms with Crippen molar-refractivity contribution in [2.45, 2.75) is 20.0 Å². The molecule has 1 aromatic heterocycles. The van der Waals surface area contributed by atoms with Crippen molar-refractivity contribution in [3.63, 3.8) is 0 Å². The van der Waals surface area contributed by atoms with Crippen LogP contribution in [0.2, 0.25) is 0 Å². The zero-order valence-electron chi connectivity index (χ0n) is 18.0. The van der Waals surface area contributed by atoms with E-state index in [1.807, 2.05) is 25.1 Å². The van der Waals surface area contributed by atoms with Crippen molar-refractivity contribution >= 4 is 54.9 Å². The summed E-state index contributed by atoms with van der Waals surface area (Å²) in [7, 11) is 0. The fourth-order valence-corrected chi connectivity index (χ4v) is 4.06. The van der Waals surface area contributed by atoms with E-state index < -0.39 is 5.97 Å². The van der Waals surface area contributed by atoms with Crippen LogP contribution in [0.25, 0.3) is 10.9 Å². The number of hydrogen-bond donors (Lipinski definition) is 1. The minimum atomic E-state index is -0.976. The number of aryl methyl sites for hydroxylation is 1. The minimum Gasteiger partial charge on any atom is -0.488 e. The number of rotatable bonds is 7. The van der Waals surface area contributed by atoms with Crippen LogP contribution >= 0.6 is 31.9 Å². The van der Waals surface area contributed by atoms with Crippen molar-refractivity contribution < 1.29 is 14.6 Å². The van der Waals surface area contributed by atoms with Crippen LogP contribution in [0.1, 0.15) is 34.2 Å². The Morgan fingerprint density at radius 1 is 1.09 bits per heavy atom. The van der Waals surface area contributed by atoms with Gasteiger partial charge in [0.25, 0.3) is 5.56 Å². The molecule has 0 aliphatic heterocycles. The summed E-state index contributed by atoms with van der Waals surface area (Å²) in [5.41, 5.74) is 2.07. The zero-order chi connectivity index (χ0) is 24.2. The van der Waals surface area contributed by atoms with Gasteiger partial charge in [0.1, 0.15) is 18.2 Å². The van der Waals surface area contributed by atoms with Gasteiger partial charge in [-0.25, -0.2) is 9.78 Å². The lowest BCUT2D eigenvalue weighted by molar-refractivity contribution is 0.0697. The molecule has 0 aliphatic carbocycles. The number of aromatic carboxylic acids is 1. The highest BCUT2D eigenvalue weighted by Crippen LogP contribution is 2.23. The SMILES string of the molecule is CCc1nc2ccc(Br)cc2c(=O)n1N=Cc1cc(Br)ccc1OCc1ccc(C(=O)O)cc1. The lowest BCUT2D eigenvalue weighted by Gasteiger charge is -2.11. The van der Waals surface area contributed by atoms with Gasteiger partial charge in [0.15, 0.2) is 0 Å². The van der Waals surface area contributed by atoms with Crippen LogP contribution in [0.4, 0.5) is 0 Å². The fourth-order valence-electron chi connectivity index (χ4n) is 3.32. The van der Waals surface area contributed by atoms with Crippen LogP contribution in [0.3, 0.4) is 0 Å². The van der Waals surface area contributed by atoms with Crippen LogP contribution in [-0.4, -0.2) is 27.0 Å². The average molecular weight is 585 g/mol. The van der Waals surface area contributed by atoms with Crippen LogP contribution in [0, 0.1) is 0 Å². The van der Waals surface area contributed by atoms with Gasteiger partial charge in [-0.2, -0.15) is 9.78 Å². The number of halogens is 2. The van der Waals surface area contributed by atoms with Crippen molar-refractivity contribution in [1.82, 2.24) is 9.66 Å². The second kappa shape index (κ2) is 10.3. The lowest BCUT2D eigenvalue weighted by Crippen LogP contribution is -2.22. The molecular formula is C25H19Br2N3O4. The molecule has 4 rings (SSSR count). The predicted octanol–water partition coefficient (Wildman–Crippen LogP) is 5.64. The Balaban J connectivity index is 1.65. The number of nitrogens with zero attached hydrogens (tertiary/aromatic N) is 3. The quantitative estimate of drug-likeness (QED) is 0.284. The topological polar surface area (TPSA) is 93.8 Å². The van der Waals surface area contributed by atoms with Crippen LogP contribution in [0.15, 0.2) is 79.5 Å². The summed E-state index contributed by atoms with van der Waals surface area (Å²) in [4.78, 5) is 28.7. The maximum Gasteiger partial charge on any atom is 0.335 e. The van der Waals surface area contributed by atoms with E-state index in [0.717, 1.165) is 14.5 Å².